The summed E-state index contributed by atoms with van der Waals surface area (Å²) in [7, 11) is 1.87. The van der Waals surface area contributed by atoms with Crippen molar-refractivity contribution < 1.29 is 4.74 Å². The second-order valence-electron chi connectivity index (χ2n) is 7.77. The number of halogens is 1. The number of nitrogens with zero attached hydrogens (tertiary/aromatic N) is 2. The molecule has 0 aromatic heterocycles. The normalized spacial score (nSPS) is 33.1. The van der Waals surface area contributed by atoms with Crippen molar-refractivity contribution in [3.63, 3.8) is 0 Å². The zero-order chi connectivity index (χ0) is 16.4. The Hall–Kier alpha value is -0.340. The van der Waals surface area contributed by atoms with Gasteiger partial charge in [0.1, 0.15) is 0 Å². The van der Waals surface area contributed by atoms with E-state index in [0.29, 0.717) is 24.1 Å². The van der Waals surface area contributed by atoms with E-state index in [1.54, 1.807) is 0 Å². The van der Waals surface area contributed by atoms with Crippen molar-refractivity contribution in [2.45, 2.75) is 51.3 Å². The first kappa shape index (κ1) is 20.0. The summed E-state index contributed by atoms with van der Waals surface area (Å²) in [5.74, 6) is 1.59. The summed E-state index contributed by atoms with van der Waals surface area (Å²) in [6.07, 6.45) is 5.91. The second kappa shape index (κ2) is 8.36. The van der Waals surface area contributed by atoms with Crippen LogP contribution in [0.1, 0.15) is 33.1 Å². The number of rotatable bonds is 4. The molecule has 2 N–H and O–H groups in total. The molecule has 0 radical (unpaired) electrons. The maximum absolute atomic E-state index is 5.88. The van der Waals surface area contributed by atoms with Gasteiger partial charge in [-0.1, -0.05) is 19.9 Å². The molecule has 24 heavy (non-hydrogen) atoms. The van der Waals surface area contributed by atoms with Gasteiger partial charge >= 0.3 is 0 Å². The van der Waals surface area contributed by atoms with Gasteiger partial charge in [0, 0.05) is 56.7 Å². The molecule has 3 rings (SSSR count). The van der Waals surface area contributed by atoms with Gasteiger partial charge in [0.25, 0.3) is 0 Å². The van der Waals surface area contributed by atoms with Crippen LogP contribution in [0.4, 0.5) is 0 Å². The van der Waals surface area contributed by atoms with E-state index in [2.05, 4.69) is 41.0 Å². The lowest BCUT2D eigenvalue weighted by Gasteiger charge is -2.55. The van der Waals surface area contributed by atoms with E-state index in [0.717, 1.165) is 45.0 Å². The lowest BCUT2D eigenvalue weighted by atomic mass is 9.57. The fourth-order valence-electron chi connectivity index (χ4n) is 4.57. The van der Waals surface area contributed by atoms with Crippen molar-refractivity contribution in [2.24, 2.45) is 16.3 Å². The summed E-state index contributed by atoms with van der Waals surface area (Å²) >= 11 is 0. The van der Waals surface area contributed by atoms with Gasteiger partial charge in [-0.3, -0.25) is 9.89 Å². The van der Waals surface area contributed by atoms with Crippen molar-refractivity contribution >= 4 is 29.9 Å². The highest BCUT2D eigenvalue weighted by Crippen LogP contribution is 2.52. The number of guanidine groups is 1. The van der Waals surface area contributed by atoms with Gasteiger partial charge in [-0.05, 0) is 19.3 Å². The maximum atomic E-state index is 5.88. The Kier molecular flexibility index (Phi) is 6.96. The Morgan fingerprint density at radius 1 is 1.29 bits per heavy atom. The first-order valence-corrected chi connectivity index (χ1v) is 9.01. The third-order valence-corrected chi connectivity index (χ3v) is 5.93. The smallest absolute Gasteiger partial charge is 0.191 e. The predicted octanol–water partition coefficient (Wildman–Crippen LogP) is 2.23. The Bertz CT molecular complexity index is 460. The van der Waals surface area contributed by atoms with Crippen LogP contribution in [-0.4, -0.2) is 62.3 Å². The first-order chi connectivity index (χ1) is 11.1. The predicted molar refractivity (Wildman–Crippen MR) is 110 cm³/mol. The molecule has 0 aromatic carbocycles. The number of aliphatic imine (C=N–C) groups is 1. The zero-order valence-corrected chi connectivity index (χ0v) is 17.6. The SMILES string of the molecule is C=CCN1CCC(NC(=NC)NC2C3CCOC3C2(C)C)CC1.I. The molecular weight excluding hydrogens is 415 g/mol. The van der Waals surface area contributed by atoms with E-state index in [1.165, 1.54) is 6.42 Å². The Balaban J connectivity index is 0.00000208. The number of ether oxygens (including phenoxy) is 1. The van der Waals surface area contributed by atoms with Crippen LogP contribution in [0, 0.1) is 11.3 Å². The molecule has 0 bridgehead atoms. The fourth-order valence-corrected chi connectivity index (χ4v) is 4.57. The number of hydrogen-bond donors (Lipinski definition) is 2. The quantitative estimate of drug-likeness (QED) is 0.300. The van der Waals surface area contributed by atoms with Crippen LogP contribution >= 0.6 is 24.0 Å². The number of fused-ring (bicyclic) bond motifs is 1. The molecule has 2 aliphatic heterocycles. The molecule has 3 atom stereocenters. The van der Waals surface area contributed by atoms with E-state index in [-0.39, 0.29) is 29.4 Å². The molecular formula is C18H33IN4O. The monoisotopic (exact) mass is 448 g/mol. The third-order valence-electron chi connectivity index (χ3n) is 5.93. The lowest BCUT2D eigenvalue weighted by molar-refractivity contribution is -0.106. The third kappa shape index (κ3) is 3.90. The van der Waals surface area contributed by atoms with Crippen molar-refractivity contribution in [3.8, 4) is 0 Å². The molecule has 0 amide bonds. The number of hydrogen-bond acceptors (Lipinski definition) is 3. The van der Waals surface area contributed by atoms with Crippen LogP contribution in [0.3, 0.4) is 0 Å². The maximum Gasteiger partial charge on any atom is 0.191 e. The summed E-state index contributed by atoms with van der Waals surface area (Å²) in [6, 6.07) is 0.975. The molecule has 0 spiro atoms. The van der Waals surface area contributed by atoms with Crippen LogP contribution in [0.2, 0.25) is 0 Å². The number of nitrogens with one attached hydrogen (secondary N) is 2. The zero-order valence-electron chi connectivity index (χ0n) is 15.3. The largest absolute Gasteiger partial charge is 0.377 e. The van der Waals surface area contributed by atoms with Crippen LogP contribution in [0.5, 0.6) is 0 Å². The molecule has 3 fully saturated rings. The average Bonchev–Trinajstić information content (AvgIpc) is 3.00. The van der Waals surface area contributed by atoms with Crippen molar-refractivity contribution in [3.05, 3.63) is 12.7 Å². The van der Waals surface area contributed by atoms with Crippen molar-refractivity contribution in [1.29, 1.82) is 0 Å². The van der Waals surface area contributed by atoms with Crippen LogP contribution in [0.25, 0.3) is 0 Å². The Morgan fingerprint density at radius 3 is 2.62 bits per heavy atom. The highest BCUT2D eigenvalue weighted by Gasteiger charge is 2.59. The molecule has 1 saturated carbocycles. The minimum absolute atomic E-state index is 0. The number of piperidine rings is 1. The fraction of sp³-hybridized carbons (Fsp3) is 0.833. The molecule has 2 saturated heterocycles. The van der Waals surface area contributed by atoms with E-state index in [9.17, 15) is 0 Å². The molecule has 0 aromatic rings. The average molecular weight is 448 g/mol. The minimum Gasteiger partial charge on any atom is -0.377 e. The molecule has 2 heterocycles. The molecule has 6 heteroatoms. The van der Waals surface area contributed by atoms with Crippen LogP contribution < -0.4 is 10.6 Å². The van der Waals surface area contributed by atoms with E-state index >= 15 is 0 Å². The molecule has 5 nitrogen and oxygen atoms in total. The van der Waals surface area contributed by atoms with Crippen molar-refractivity contribution in [1.82, 2.24) is 15.5 Å². The summed E-state index contributed by atoms with van der Waals surface area (Å²) < 4.78 is 5.88. The summed E-state index contributed by atoms with van der Waals surface area (Å²) in [5, 5.41) is 7.31. The molecule has 3 unspecified atom stereocenters. The number of likely N-dealkylation sites (tertiary alicyclic amines) is 1. The van der Waals surface area contributed by atoms with E-state index in [1.807, 2.05) is 13.1 Å². The van der Waals surface area contributed by atoms with Gasteiger partial charge in [0.05, 0.1) is 6.10 Å². The second-order valence-corrected chi connectivity index (χ2v) is 7.77. The molecule has 1 aliphatic carbocycles. The van der Waals surface area contributed by atoms with Gasteiger partial charge < -0.3 is 15.4 Å². The summed E-state index contributed by atoms with van der Waals surface area (Å²) in [6.45, 7) is 12.6. The Labute approximate surface area is 163 Å². The minimum atomic E-state index is 0. The van der Waals surface area contributed by atoms with Gasteiger partial charge in [0.15, 0.2) is 5.96 Å². The highest BCUT2D eigenvalue weighted by molar-refractivity contribution is 14.0. The topological polar surface area (TPSA) is 48.9 Å². The van der Waals surface area contributed by atoms with Gasteiger partial charge in [-0.2, -0.15) is 0 Å². The Morgan fingerprint density at radius 2 is 2.00 bits per heavy atom. The van der Waals surface area contributed by atoms with E-state index < -0.39 is 0 Å². The van der Waals surface area contributed by atoms with Gasteiger partial charge in [0.2, 0.25) is 0 Å². The summed E-state index contributed by atoms with van der Waals surface area (Å²) in [5.41, 5.74) is 0.187. The summed E-state index contributed by atoms with van der Waals surface area (Å²) in [4.78, 5) is 6.92. The highest BCUT2D eigenvalue weighted by atomic mass is 127. The molecule has 138 valence electrons. The van der Waals surface area contributed by atoms with E-state index in [4.69, 9.17) is 4.74 Å². The van der Waals surface area contributed by atoms with Crippen molar-refractivity contribution in [2.75, 3.05) is 33.3 Å². The van der Waals surface area contributed by atoms with Gasteiger partial charge in [-0.15, -0.1) is 30.6 Å². The first-order valence-electron chi connectivity index (χ1n) is 9.01. The van der Waals surface area contributed by atoms with Crippen LogP contribution in [-0.2, 0) is 4.74 Å². The lowest BCUT2D eigenvalue weighted by Crippen LogP contribution is -2.68. The van der Waals surface area contributed by atoms with Gasteiger partial charge in [-0.25, -0.2) is 0 Å². The van der Waals surface area contributed by atoms with Crippen LogP contribution in [0.15, 0.2) is 17.6 Å². The molecule has 3 aliphatic rings. The standard InChI is InChI=1S/C18H32N4O.HI/c1-5-9-22-10-6-13(7-11-22)20-17(19-4)21-15-14-8-12-23-16(14)18(15,2)3;/h5,13-16H,1,6-12H2,2-4H3,(H2,19,20,21);1H.